The number of carbonyl (C=O) groups is 1. The average molecular weight is 315 g/mol. The Morgan fingerprint density at radius 2 is 1.71 bits per heavy atom. The highest BCUT2D eigenvalue weighted by molar-refractivity contribution is 6.11. The van der Waals surface area contributed by atoms with Crippen LogP contribution in [0.1, 0.15) is 10.4 Å². The lowest BCUT2D eigenvalue weighted by Crippen LogP contribution is -2.13. The van der Waals surface area contributed by atoms with Gasteiger partial charge in [-0.05, 0) is 6.07 Å². The first kappa shape index (κ1) is 14.1. The number of nitrogens with zero attached hydrogens (tertiary/aromatic N) is 3. The molecule has 0 saturated heterocycles. The number of fused-ring (bicyclic) bond motifs is 1. The Morgan fingerprint density at radius 1 is 0.917 bits per heavy atom. The number of anilines is 1. The van der Waals surface area contributed by atoms with Crippen molar-refractivity contribution in [3.05, 3.63) is 72.7 Å². The summed E-state index contributed by atoms with van der Waals surface area (Å²) in [6.07, 6.45) is 4.88. The van der Waals surface area contributed by atoms with Crippen LogP contribution in [0.5, 0.6) is 0 Å². The number of H-pyrrole nitrogens is 1. The van der Waals surface area contributed by atoms with E-state index in [0.717, 1.165) is 10.9 Å². The molecule has 0 bridgehead atoms. The van der Waals surface area contributed by atoms with Crippen LogP contribution in [0, 0.1) is 0 Å². The molecule has 6 heteroatoms. The second-order valence-electron chi connectivity index (χ2n) is 5.26. The van der Waals surface area contributed by atoms with Gasteiger partial charge in [0.05, 0.1) is 35.4 Å². The summed E-state index contributed by atoms with van der Waals surface area (Å²) in [5.74, 6) is 0.380. The minimum absolute atomic E-state index is 0.235. The summed E-state index contributed by atoms with van der Waals surface area (Å²) >= 11 is 0. The number of nitrogens with one attached hydrogen (secondary N) is 2. The predicted octanol–water partition coefficient (Wildman–Crippen LogP) is 3.27. The fraction of sp³-hybridized carbons (Fsp3) is 0. The van der Waals surface area contributed by atoms with Gasteiger partial charge in [-0.3, -0.25) is 9.89 Å². The van der Waals surface area contributed by atoms with Gasteiger partial charge in [0.1, 0.15) is 0 Å². The van der Waals surface area contributed by atoms with Gasteiger partial charge >= 0.3 is 0 Å². The highest BCUT2D eigenvalue weighted by atomic mass is 16.1. The Bertz CT molecular complexity index is 993. The van der Waals surface area contributed by atoms with Crippen molar-refractivity contribution >= 4 is 22.5 Å². The van der Waals surface area contributed by atoms with E-state index in [4.69, 9.17) is 0 Å². The molecule has 6 nitrogen and oxygen atoms in total. The smallest absolute Gasteiger partial charge is 0.257 e. The summed E-state index contributed by atoms with van der Waals surface area (Å²) in [7, 11) is 0. The number of hydrogen-bond acceptors (Lipinski definition) is 4. The van der Waals surface area contributed by atoms with Crippen molar-refractivity contribution in [3.63, 3.8) is 0 Å². The monoisotopic (exact) mass is 315 g/mol. The van der Waals surface area contributed by atoms with Crippen molar-refractivity contribution in [2.75, 3.05) is 5.32 Å². The van der Waals surface area contributed by atoms with Crippen molar-refractivity contribution in [2.45, 2.75) is 0 Å². The molecule has 4 rings (SSSR count). The first-order valence-electron chi connectivity index (χ1n) is 7.42. The molecule has 0 radical (unpaired) electrons. The van der Waals surface area contributed by atoms with E-state index in [1.165, 1.54) is 0 Å². The van der Waals surface area contributed by atoms with Gasteiger partial charge in [0.2, 0.25) is 0 Å². The zero-order valence-electron chi connectivity index (χ0n) is 12.6. The van der Waals surface area contributed by atoms with Crippen LogP contribution in [-0.2, 0) is 0 Å². The van der Waals surface area contributed by atoms with Gasteiger partial charge < -0.3 is 5.32 Å². The Hall–Kier alpha value is -3.54. The summed E-state index contributed by atoms with van der Waals surface area (Å²) in [5, 5.41) is 10.5. The molecule has 2 heterocycles. The number of benzene rings is 2. The van der Waals surface area contributed by atoms with Crippen molar-refractivity contribution < 1.29 is 4.79 Å². The Balaban J connectivity index is 1.57. The van der Waals surface area contributed by atoms with E-state index in [1.54, 1.807) is 24.7 Å². The van der Waals surface area contributed by atoms with E-state index in [0.29, 0.717) is 22.6 Å². The van der Waals surface area contributed by atoms with Gasteiger partial charge in [0, 0.05) is 10.9 Å². The molecular weight excluding hydrogens is 302 g/mol. The number of rotatable bonds is 3. The Labute approximate surface area is 137 Å². The largest absolute Gasteiger partial charge is 0.319 e. The molecule has 0 spiro atoms. The fourth-order valence-electron chi connectivity index (χ4n) is 2.49. The first-order chi connectivity index (χ1) is 11.8. The number of aromatic amines is 1. The lowest BCUT2D eigenvalue weighted by molar-refractivity contribution is 0.102. The van der Waals surface area contributed by atoms with Crippen LogP contribution in [-0.4, -0.2) is 26.1 Å². The minimum atomic E-state index is -0.235. The van der Waals surface area contributed by atoms with Gasteiger partial charge in [-0.25, -0.2) is 9.97 Å². The van der Waals surface area contributed by atoms with E-state index in [-0.39, 0.29) is 5.91 Å². The molecule has 0 atom stereocenters. The van der Waals surface area contributed by atoms with Gasteiger partial charge in [-0.15, -0.1) is 0 Å². The molecule has 24 heavy (non-hydrogen) atoms. The van der Waals surface area contributed by atoms with Gasteiger partial charge in [0.25, 0.3) is 5.91 Å². The molecule has 2 aromatic carbocycles. The second-order valence-corrected chi connectivity index (χ2v) is 5.26. The van der Waals surface area contributed by atoms with E-state index in [2.05, 4.69) is 25.5 Å². The molecular formula is C18H13N5O. The van der Waals surface area contributed by atoms with Crippen molar-refractivity contribution in [1.82, 2.24) is 20.2 Å². The molecule has 0 fully saturated rings. The lowest BCUT2D eigenvalue weighted by Gasteiger charge is -2.06. The van der Waals surface area contributed by atoms with E-state index >= 15 is 0 Å². The minimum Gasteiger partial charge on any atom is -0.319 e. The number of carbonyl (C=O) groups excluding carboxylic acids is 1. The summed E-state index contributed by atoms with van der Waals surface area (Å²) in [6, 6.07) is 15.1. The predicted molar refractivity (Wildman–Crippen MR) is 91.5 cm³/mol. The van der Waals surface area contributed by atoms with Gasteiger partial charge in [0.15, 0.2) is 5.82 Å². The van der Waals surface area contributed by atoms with E-state index in [1.807, 2.05) is 42.5 Å². The van der Waals surface area contributed by atoms with Crippen molar-refractivity contribution in [3.8, 4) is 11.4 Å². The maximum absolute atomic E-state index is 12.5. The van der Waals surface area contributed by atoms with Crippen molar-refractivity contribution in [1.29, 1.82) is 0 Å². The van der Waals surface area contributed by atoms with Crippen LogP contribution in [0.2, 0.25) is 0 Å². The maximum Gasteiger partial charge on any atom is 0.257 e. The van der Waals surface area contributed by atoms with Crippen LogP contribution in [0.4, 0.5) is 5.69 Å². The number of hydrogen-bond donors (Lipinski definition) is 2. The molecule has 1 amide bonds. The van der Waals surface area contributed by atoms with E-state index in [9.17, 15) is 4.79 Å². The molecule has 0 unspecified atom stereocenters. The standard InChI is InChI=1S/C18H13N5O/c24-18(15-8-4-7-13-9-21-23-16(13)15)22-14-10-19-17(20-11-14)12-5-2-1-3-6-12/h1-11H,(H,21,23)(H,22,24). The first-order valence-corrected chi connectivity index (χ1v) is 7.42. The van der Waals surface area contributed by atoms with E-state index < -0.39 is 0 Å². The molecule has 0 aliphatic rings. The molecule has 116 valence electrons. The average Bonchev–Trinajstić information content (AvgIpc) is 3.12. The fourth-order valence-corrected chi connectivity index (χ4v) is 2.49. The zero-order valence-corrected chi connectivity index (χ0v) is 12.6. The lowest BCUT2D eigenvalue weighted by atomic mass is 10.1. The molecule has 0 aliphatic heterocycles. The third-order valence-electron chi connectivity index (χ3n) is 3.66. The SMILES string of the molecule is O=C(Nc1cnc(-c2ccccc2)nc1)c1cccc2cn[nH]c12. The normalized spacial score (nSPS) is 10.7. The van der Waals surface area contributed by atoms with Crippen LogP contribution in [0.3, 0.4) is 0 Å². The highest BCUT2D eigenvalue weighted by Crippen LogP contribution is 2.18. The van der Waals surface area contributed by atoms with Gasteiger partial charge in [-0.2, -0.15) is 5.10 Å². The third-order valence-corrected chi connectivity index (χ3v) is 3.66. The quantitative estimate of drug-likeness (QED) is 0.608. The second kappa shape index (κ2) is 5.92. The Morgan fingerprint density at radius 3 is 2.50 bits per heavy atom. The van der Waals surface area contributed by atoms with Crippen LogP contribution in [0.25, 0.3) is 22.3 Å². The van der Waals surface area contributed by atoms with Crippen LogP contribution < -0.4 is 5.32 Å². The summed E-state index contributed by atoms with van der Waals surface area (Å²) in [4.78, 5) is 21.1. The number of para-hydroxylation sites is 1. The topological polar surface area (TPSA) is 83.6 Å². The highest BCUT2D eigenvalue weighted by Gasteiger charge is 2.12. The van der Waals surface area contributed by atoms with Crippen LogP contribution in [0.15, 0.2) is 67.1 Å². The summed E-state index contributed by atoms with van der Waals surface area (Å²) < 4.78 is 0. The summed E-state index contributed by atoms with van der Waals surface area (Å²) in [6.45, 7) is 0. The third kappa shape index (κ3) is 2.61. The number of amides is 1. The van der Waals surface area contributed by atoms with Crippen LogP contribution >= 0.6 is 0 Å². The molecule has 0 aliphatic carbocycles. The van der Waals surface area contributed by atoms with Gasteiger partial charge in [-0.1, -0.05) is 42.5 Å². The maximum atomic E-state index is 12.5. The molecule has 2 N–H and O–H groups in total. The molecule has 2 aromatic heterocycles. The summed E-state index contributed by atoms with van der Waals surface area (Å²) in [5.41, 5.74) is 2.70. The number of aromatic nitrogens is 4. The molecule has 0 saturated carbocycles. The zero-order chi connectivity index (χ0) is 16.4. The van der Waals surface area contributed by atoms with Crippen molar-refractivity contribution in [2.24, 2.45) is 0 Å². The Kier molecular flexibility index (Phi) is 3.47. The molecule has 4 aromatic rings.